The molecule has 4 aromatic rings. The molecule has 1 amide bonds. The Morgan fingerprint density at radius 2 is 2.08 bits per heavy atom. The van der Waals surface area contributed by atoms with Crippen molar-refractivity contribution in [2.45, 2.75) is 0 Å². The van der Waals surface area contributed by atoms with Gasteiger partial charge in [-0.3, -0.25) is 15.1 Å². The van der Waals surface area contributed by atoms with Crippen molar-refractivity contribution in [1.82, 2.24) is 25.1 Å². The molecule has 0 aliphatic carbocycles. The van der Waals surface area contributed by atoms with E-state index < -0.39 is 5.91 Å². The third kappa shape index (κ3) is 3.17. The average Bonchev–Trinajstić information content (AvgIpc) is 3.32. The van der Waals surface area contributed by atoms with Gasteiger partial charge in [-0.2, -0.15) is 0 Å². The summed E-state index contributed by atoms with van der Waals surface area (Å²) in [5.41, 5.74) is 1.94. The first kappa shape index (κ1) is 16.3. The van der Waals surface area contributed by atoms with Crippen LogP contribution in [0.25, 0.3) is 22.7 Å². The predicted octanol–water partition coefficient (Wildman–Crippen LogP) is 3.56. The van der Waals surface area contributed by atoms with Gasteiger partial charge in [0.2, 0.25) is 0 Å². The number of amides is 1. The SMILES string of the molecule is O=C(Nc1nc(-c2ncccc2Cl)cs1)c1cnoc1-c1cncnc1. The zero-order valence-corrected chi connectivity index (χ0v) is 14.5. The van der Waals surface area contributed by atoms with Crippen LogP contribution in [0.4, 0.5) is 5.13 Å². The van der Waals surface area contributed by atoms with Crippen molar-refractivity contribution >= 4 is 34.0 Å². The number of rotatable bonds is 4. The molecule has 0 atom stereocenters. The number of nitrogens with one attached hydrogen (secondary N) is 1. The van der Waals surface area contributed by atoms with Crippen molar-refractivity contribution in [3.63, 3.8) is 0 Å². The van der Waals surface area contributed by atoms with Gasteiger partial charge in [-0.15, -0.1) is 11.3 Å². The maximum atomic E-state index is 12.6. The number of aromatic nitrogens is 5. The largest absolute Gasteiger partial charge is 0.355 e. The van der Waals surface area contributed by atoms with E-state index in [1.165, 1.54) is 36.3 Å². The first-order valence-corrected chi connectivity index (χ1v) is 8.56. The summed E-state index contributed by atoms with van der Waals surface area (Å²) in [6.07, 6.45) is 7.43. The van der Waals surface area contributed by atoms with Gasteiger partial charge in [0.25, 0.3) is 5.91 Å². The van der Waals surface area contributed by atoms with E-state index in [1.807, 2.05) is 0 Å². The van der Waals surface area contributed by atoms with Crippen molar-refractivity contribution in [2.75, 3.05) is 5.32 Å². The smallest absolute Gasteiger partial charge is 0.263 e. The van der Waals surface area contributed by atoms with E-state index in [4.69, 9.17) is 16.1 Å². The maximum absolute atomic E-state index is 12.6. The molecule has 1 N–H and O–H groups in total. The number of thiazole rings is 1. The molecule has 0 aliphatic rings. The number of hydrogen-bond acceptors (Lipinski definition) is 8. The average molecular weight is 385 g/mol. The Bertz CT molecular complexity index is 1070. The van der Waals surface area contributed by atoms with Gasteiger partial charge in [0, 0.05) is 24.0 Å². The normalized spacial score (nSPS) is 10.7. The van der Waals surface area contributed by atoms with E-state index >= 15 is 0 Å². The molecule has 128 valence electrons. The Hall–Kier alpha value is -3.17. The molecule has 10 heteroatoms. The standard InChI is InChI=1S/C16H9ClN6O2S/c17-11-2-1-3-20-13(11)12-7-26-16(22-12)23-15(24)10-6-21-25-14(10)9-4-18-8-19-5-9/h1-8H,(H,22,23,24). The Labute approximate surface area is 155 Å². The van der Waals surface area contributed by atoms with Crippen molar-refractivity contribution in [3.05, 3.63) is 59.2 Å². The lowest BCUT2D eigenvalue weighted by Gasteiger charge is -2.01. The minimum absolute atomic E-state index is 0.257. The molecular formula is C16H9ClN6O2S. The van der Waals surface area contributed by atoms with Gasteiger partial charge in [0.05, 0.1) is 16.8 Å². The van der Waals surface area contributed by atoms with Gasteiger partial charge in [-0.1, -0.05) is 16.8 Å². The van der Waals surface area contributed by atoms with Crippen LogP contribution >= 0.6 is 22.9 Å². The quantitative estimate of drug-likeness (QED) is 0.573. The van der Waals surface area contributed by atoms with Gasteiger partial charge in [-0.25, -0.2) is 15.0 Å². The summed E-state index contributed by atoms with van der Waals surface area (Å²) in [5.74, 6) is -0.120. The third-order valence-electron chi connectivity index (χ3n) is 3.36. The topological polar surface area (TPSA) is 107 Å². The van der Waals surface area contributed by atoms with Crippen LogP contribution in [0.1, 0.15) is 10.4 Å². The van der Waals surface area contributed by atoms with E-state index in [9.17, 15) is 4.79 Å². The van der Waals surface area contributed by atoms with Gasteiger partial charge in [0.1, 0.15) is 23.3 Å². The molecule has 0 unspecified atom stereocenters. The Kier molecular flexibility index (Phi) is 4.38. The molecule has 4 aromatic heterocycles. The van der Waals surface area contributed by atoms with E-state index in [1.54, 1.807) is 23.7 Å². The van der Waals surface area contributed by atoms with Crippen LogP contribution < -0.4 is 5.32 Å². The summed E-state index contributed by atoms with van der Waals surface area (Å²) < 4.78 is 5.16. The van der Waals surface area contributed by atoms with Gasteiger partial charge >= 0.3 is 0 Å². The van der Waals surface area contributed by atoms with Crippen molar-refractivity contribution < 1.29 is 9.32 Å². The van der Waals surface area contributed by atoms with Crippen molar-refractivity contribution in [2.24, 2.45) is 0 Å². The summed E-state index contributed by atoms with van der Waals surface area (Å²) in [5, 5.41) is 9.07. The monoisotopic (exact) mass is 384 g/mol. The summed E-state index contributed by atoms with van der Waals surface area (Å²) in [6, 6.07) is 3.47. The predicted molar refractivity (Wildman–Crippen MR) is 95.8 cm³/mol. The van der Waals surface area contributed by atoms with Crippen molar-refractivity contribution in [3.8, 4) is 22.7 Å². The second-order valence-corrected chi connectivity index (χ2v) is 6.29. The molecule has 0 fully saturated rings. The zero-order chi connectivity index (χ0) is 17.9. The third-order valence-corrected chi connectivity index (χ3v) is 4.43. The number of hydrogen-bond donors (Lipinski definition) is 1. The van der Waals surface area contributed by atoms with E-state index in [0.29, 0.717) is 27.1 Å². The lowest BCUT2D eigenvalue weighted by molar-refractivity contribution is 0.102. The highest BCUT2D eigenvalue weighted by atomic mass is 35.5. The molecule has 0 aliphatic heterocycles. The molecule has 0 spiro atoms. The molecule has 0 bridgehead atoms. The fraction of sp³-hybridized carbons (Fsp3) is 0. The van der Waals surface area contributed by atoms with Crippen LogP contribution in [0.5, 0.6) is 0 Å². The first-order valence-electron chi connectivity index (χ1n) is 7.30. The second kappa shape index (κ2) is 6.98. The highest BCUT2D eigenvalue weighted by Crippen LogP contribution is 2.29. The minimum Gasteiger partial charge on any atom is -0.355 e. The minimum atomic E-state index is -0.405. The van der Waals surface area contributed by atoms with Crippen molar-refractivity contribution in [1.29, 1.82) is 0 Å². The van der Waals surface area contributed by atoms with E-state index in [0.717, 1.165) is 0 Å². The molecular weight excluding hydrogens is 376 g/mol. The highest BCUT2D eigenvalue weighted by molar-refractivity contribution is 7.14. The Morgan fingerprint density at radius 1 is 1.23 bits per heavy atom. The van der Waals surface area contributed by atoms with Gasteiger partial charge in [-0.05, 0) is 12.1 Å². The summed E-state index contributed by atoms with van der Waals surface area (Å²) in [4.78, 5) is 28.9. The van der Waals surface area contributed by atoms with Gasteiger partial charge in [0.15, 0.2) is 10.9 Å². The van der Waals surface area contributed by atoms with E-state index in [-0.39, 0.29) is 11.3 Å². The molecule has 0 aromatic carbocycles. The summed E-state index contributed by atoms with van der Waals surface area (Å²) >= 11 is 7.39. The fourth-order valence-corrected chi connectivity index (χ4v) is 3.11. The van der Waals surface area contributed by atoms with E-state index in [2.05, 4.69) is 30.4 Å². The number of carbonyl (C=O) groups is 1. The summed E-state index contributed by atoms with van der Waals surface area (Å²) in [7, 11) is 0. The number of pyridine rings is 1. The number of anilines is 1. The first-order chi connectivity index (χ1) is 12.7. The lowest BCUT2D eigenvalue weighted by atomic mass is 10.1. The van der Waals surface area contributed by atoms with Crippen LogP contribution in [0.2, 0.25) is 5.02 Å². The molecule has 26 heavy (non-hydrogen) atoms. The lowest BCUT2D eigenvalue weighted by Crippen LogP contribution is -2.12. The van der Waals surface area contributed by atoms with Crippen LogP contribution in [0.15, 0.2) is 53.2 Å². The van der Waals surface area contributed by atoms with Crippen LogP contribution in [0, 0.1) is 0 Å². The Morgan fingerprint density at radius 3 is 2.88 bits per heavy atom. The maximum Gasteiger partial charge on any atom is 0.263 e. The fourth-order valence-electron chi connectivity index (χ4n) is 2.20. The zero-order valence-electron chi connectivity index (χ0n) is 13.0. The Balaban J connectivity index is 1.57. The molecule has 4 heterocycles. The van der Waals surface area contributed by atoms with Crippen LogP contribution in [-0.4, -0.2) is 31.0 Å². The molecule has 0 saturated heterocycles. The number of halogens is 1. The van der Waals surface area contributed by atoms with Gasteiger partial charge < -0.3 is 4.52 Å². The molecule has 0 radical (unpaired) electrons. The van der Waals surface area contributed by atoms with Crippen LogP contribution in [0.3, 0.4) is 0 Å². The summed E-state index contributed by atoms with van der Waals surface area (Å²) in [6.45, 7) is 0. The van der Waals surface area contributed by atoms with Crippen LogP contribution in [-0.2, 0) is 0 Å². The second-order valence-electron chi connectivity index (χ2n) is 5.02. The number of carbonyl (C=O) groups excluding carboxylic acids is 1. The molecule has 8 nitrogen and oxygen atoms in total. The highest BCUT2D eigenvalue weighted by Gasteiger charge is 2.20. The molecule has 4 rings (SSSR count). The number of nitrogens with zero attached hydrogens (tertiary/aromatic N) is 5. The molecule has 0 saturated carbocycles.